The highest BCUT2D eigenvalue weighted by molar-refractivity contribution is 5.94. The van der Waals surface area contributed by atoms with Crippen LogP contribution in [0.15, 0.2) is 42.6 Å². The van der Waals surface area contributed by atoms with E-state index in [2.05, 4.69) is 4.98 Å². The van der Waals surface area contributed by atoms with Crippen molar-refractivity contribution in [2.24, 2.45) is 0 Å². The molecule has 0 saturated heterocycles. The molecule has 0 fully saturated rings. The second-order valence-corrected chi connectivity index (χ2v) is 4.54. The van der Waals surface area contributed by atoms with Crippen molar-refractivity contribution in [3.8, 4) is 0 Å². The molecule has 1 aromatic heterocycles. The van der Waals surface area contributed by atoms with Crippen LogP contribution in [-0.4, -0.2) is 22.8 Å². The van der Waals surface area contributed by atoms with E-state index in [4.69, 9.17) is 5.73 Å². The van der Waals surface area contributed by atoms with Crippen molar-refractivity contribution in [3.63, 3.8) is 0 Å². The maximum absolute atomic E-state index is 12.3. The number of aryl methyl sites for hydroxylation is 1. The van der Waals surface area contributed by atoms with Crippen molar-refractivity contribution in [1.82, 2.24) is 9.88 Å². The summed E-state index contributed by atoms with van der Waals surface area (Å²) in [6.07, 6.45) is 1.68. The van der Waals surface area contributed by atoms with E-state index in [-0.39, 0.29) is 5.91 Å². The Hall–Kier alpha value is -2.36. The monoisotopic (exact) mass is 255 g/mol. The number of aromatic nitrogens is 1. The Morgan fingerprint density at radius 1 is 1.32 bits per heavy atom. The van der Waals surface area contributed by atoms with E-state index >= 15 is 0 Å². The first-order chi connectivity index (χ1) is 9.08. The van der Waals surface area contributed by atoms with Gasteiger partial charge < -0.3 is 10.6 Å². The highest BCUT2D eigenvalue weighted by atomic mass is 16.2. The number of hydrogen-bond acceptors (Lipinski definition) is 3. The number of hydrogen-bond donors (Lipinski definition) is 1. The van der Waals surface area contributed by atoms with Gasteiger partial charge in [0.2, 0.25) is 0 Å². The molecule has 0 atom stereocenters. The summed E-state index contributed by atoms with van der Waals surface area (Å²) < 4.78 is 0. The van der Waals surface area contributed by atoms with Crippen LogP contribution in [0.2, 0.25) is 0 Å². The smallest absolute Gasteiger partial charge is 0.255 e. The fraction of sp³-hybridized carbons (Fsp3) is 0.200. The predicted octanol–water partition coefficient (Wildman–Crippen LogP) is 2.24. The van der Waals surface area contributed by atoms with E-state index in [0.717, 1.165) is 11.3 Å². The molecule has 0 spiro atoms. The minimum atomic E-state index is -0.0342. The van der Waals surface area contributed by atoms with Crippen molar-refractivity contribution >= 4 is 11.6 Å². The van der Waals surface area contributed by atoms with Gasteiger partial charge in [-0.05, 0) is 36.8 Å². The van der Waals surface area contributed by atoms with Gasteiger partial charge in [0.05, 0.1) is 5.56 Å². The summed E-state index contributed by atoms with van der Waals surface area (Å²) in [6, 6.07) is 11.1. The zero-order valence-electron chi connectivity index (χ0n) is 11.1. The first-order valence-corrected chi connectivity index (χ1v) is 6.09. The Bertz CT molecular complexity index is 595. The summed E-state index contributed by atoms with van der Waals surface area (Å²) in [5.41, 5.74) is 8.82. The van der Waals surface area contributed by atoms with Crippen LogP contribution in [0.25, 0.3) is 0 Å². The van der Waals surface area contributed by atoms with Crippen molar-refractivity contribution in [3.05, 3.63) is 59.4 Å². The zero-order chi connectivity index (χ0) is 13.8. The summed E-state index contributed by atoms with van der Waals surface area (Å²) in [7, 11) is 1.78. The molecule has 1 amide bonds. The van der Waals surface area contributed by atoms with E-state index in [1.807, 2.05) is 31.2 Å². The number of rotatable bonds is 3. The molecule has 1 aromatic carbocycles. The van der Waals surface area contributed by atoms with Crippen LogP contribution in [0.1, 0.15) is 21.6 Å². The minimum absolute atomic E-state index is 0.0342. The number of pyridine rings is 1. The van der Waals surface area contributed by atoms with Gasteiger partial charge in [0.15, 0.2) is 0 Å². The van der Waals surface area contributed by atoms with E-state index < -0.39 is 0 Å². The average Bonchev–Trinajstić information content (AvgIpc) is 2.38. The second-order valence-electron chi connectivity index (χ2n) is 4.54. The van der Waals surface area contributed by atoms with Crippen LogP contribution < -0.4 is 5.73 Å². The Kier molecular flexibility index (Phi) is 3.80. The molecule has 0 aliphatic heterocycles. The van der Waals surface area contributed by atoms with Crippen molar-refractivity contribution in [2.45, 2.75) is 13.5 Å². The number of amides is 1. The largest absolute Gasteiger partial charge is 0.399 e. The number of carbonyl (C=O) groups is 1. The van der Waals surface area contributed by atoms with Crippen molar-refractivity contribution in [2.75, 3.05) is 12.8 Å². The highest BCUT2D eigenvalue weighted by Crippen LogP contribution is 2.12. The maximum Gasteiger partial charge on any atom is 0.255 e. The minimum Gasteiger partial charge on any atom is -0.399 e. The van der Waals surface area contributed by atoms with Crippen molar-refractivity contribution < 1.29 is 4.79 Å². The first kappa shape index (κ1) is 13.1. The van der Waals surface area contributed by atoms with Crippen LogP contribution in [0.3, 0.4) is 0 Å². The van der Waals surface area contributed by atoms with Gasteiger partial charge in [0, 0.05) is 31.2 Å². The third-order valence-corrected chi connectivity index (χ3v) is 2.95. The summed E-state index contributed by atoms with van der Waals surface area (Å²) in [5.74, 6) is -0.0342. The third-order valence-electron chi connectivity index (χ3n) is 2.95. The number of nitrogens with zero attached hydrogens (tertiary/aromatic N) is 2. The molecule has 4 heteroatoms. The average molecular weight is 255 g/mol. The maximum atomic E-state index is 12.3. The summed E-state index contributed by atoms with van der Waals surface area (Å²) >= 11 is 0. The van der Waals surface area contributed by atoms with Crippen LogP contribution >= 0.6 is 0 Å². The van der Waals surface area contributed by atoms with Gasteiger partial charge in [-0.15, -0.1) is 0 Å². The van der Waals surface area contributed by atoms with Crippen LogP contribution in [0.4, 0.5) is 5.69 Å². The Morgan fingerprint density at radius 3 is 2.79 bits per heavy atom. The SMILES string of the molecule is Cc1ncccc1C(=O)N(C)Cc1cccc(N)c1. The standard InChI is InChI=1S/C15H17N3O/c1-11-14(7-4-8-17-11)15(19)18(2)10-12-5-3-6-13(16)9-12/h3-9H,10,16H2,1-2H3. The summed E-state index contributed by atoms with van der Waals surface area (Å²) in [4.78, 5) is 18.1. The molecule has 0 radical (unpaired) electrons. The molecule has 0 aliphatic rings. The van der Waals surface area contributed by atoms with Gasteiger partial charge in [-0.1, -0.05) is 12.1 Å². The predicted molar refractivity (Wildman–Crippen MR) is 75.6 cm³/mol. The van der Waals surface area contributed by atoms with E-state index in [1.165, 1.54) is 0 Å². The third kappa shape index (κ3) is 3.10. The highest BCUT2D eigenvalue weighted by Gasteiger charge is 2.14. The lowest BCUT2D eigenvalue weighted by Gasteiger charge is -2.18. The van der Waals surface area contributed by atoms with E-state index in [0.29, 0.717) is 17.8 Å². The van der Waals surface area contributed by atoms with Crippen molar-refractivity contribution in [1.29, 1.82) is 0 Å². The number of benzene rings is 1. The molecule has 0 aliphatic carbocycles. The molecule has 0 saturated carbocycles. The van der Waals surface area contributed by atoms with Gasteiger partial charge >= 0.3 is 0 Å². The normalized spacial score (nSPS) is 10.2. The van der Waals surface area contributed by atoms with Crippen LogP contribution in [0.5, 0.6) is 0 Å². The summed E-state index contributed by atoms with van der Waals surface area (Å²) in [5, 5.41) is 0. The summed E-state index contributed by atoms with van der Waals surface area (Å²) in [6.45, 7) is 2.36. The van der Waals surface area contributed by atoms with Crippen LogP contribution in [-0.2, 0) is 6.54 Å². The van der Waals surface area contributed by atoms with Gasteiger partial charge in [-0.25, -0.2) is 0 Å². The molecule has 0 unspecified atom stereocenters. The second kappa shape index (κ2) is 5.52. The number of nitrogens with two attached hydrogens (primary N) is 1. The Balaban J connectivity index is 2.14. The number of anilines is 1. The first-order valence-electron chi connectivity index (χ1n) is 6.09. The molecule has 98 valence electrons. The Labute approximate surface area is 112 Å². The van der Waals surface area contributed by atoms with E-state index in [1.54, 1.807) is 30.3 Å². The molecule has 0 bridgehead atoms. The molecule has 1 heterocycles. The van der Waals surface area contributed by atoms with Crippen LogP contribution in [0, 0.1) is 6.92 Å². The topological polar surface area (TPSA) is 59.2 Å². The van der Waals surface area contributed by atoms with Gasteiger partial charge in [0.25, 0.3) is 5.91 Å². The fourth-order valence-electron chi connectivity index (χ4n) is 1.95. The number of carbonyl (C=O) groups excluding carboxylic acids is 1. The molecule has 19 heavy (non-hydrogen) atoms. The molecule has 2 aromatic rings. The van der Waals surface area contributed by atoms with Gasteiger partial charge in [-0.2, -0.15) is 0 Å². The zero-order valence-corrected chi connectivity index (χ0v) is 11.1. The fourth-order valence-corrected chi connectivity index (χ4v) is 1.95. The molecular weight excluding hydrogens is 238 g/mol. The Morgan fingerprint density at radius 2 is 2.11 bits per heavy atom. The lowest BCUT2D eigenvalue weighted by atomic mass is 10.1. The van der Waals surface area contributed by atoms with Gasteiger partial charge in [-0.3, -0.25) is 9.78 Å². The lowest BCUT2D eigenvalue weighted by Crippen LogP contribution is -2.27. The lowest BCUT2D eigenvalue weighted by molar-refractivity contribution is 0.0784. The quantitative estimate of drug-likeness (QED) is 0.856. The molecular formula is C15H17N3O. The molecule has 2 rings (SSSR count). The van der Waals surface area contributed by atoms with Gasteiger partial charge in [0.1, 0.15) is 0 Å². The molecule has 4 nitrogen and oxygen atoms in total. The van der Waals surface area contributed by atoms with E-state index in [9.17, 15) is 4.79 Å². The number of nitrogen functional groups attached to an aromatic ring is 1. The molecule has 2 N–H and O–H groups in total.